The summed E-state index contributed by atoms with van der Waals surface area (Å²) in [5.41, 5.74) is 2.44. The molecule has 0 bridgehead atoms. The van der Waals surface area contributed by atoms with Crippen LogP contribution in [0.2, 0.25) is 0 Å². The highest BCUT2D eigenvalue weighted by Gasteiger charge is 2.15. The molecule has 3 aromatic rings. The Morgan fingerprint density at radius 1 is 0.885 bits per heavy atom. The van der Waals surface area contributed by atoms with Crippen LogP contribution in [0.15, 0.2) is 54.7 Å². The van der Waals surface area contributed by atoms with Crippen molar-refractivity contribution >= 4 is 28.5 Å². The minimum absolute atomic E-state index is 0.157. The van der Waals surface area contributed by atoms with E-state index in [1.807, 2.05) is 45.0 Å². The monoisotopic (exact) mass is 348 g/mol. The molecule has 0 aliphatic rings. The Bertz CT molecular complexity index is 959. The zero-order valence-electron chi connectivity index (χ0n) is 14.9. The summed E-state index contributed by atoms with van der Waals surface area (Å²) in [5, 5.41) is 5.66. The Kier molecular flexibility index (Phi) is 4.67. The second kappa shape index (κ2) is 6.92. The third kappa shape index (κ3) is 4.22. The molecule has 6 heteroatoms. The zero-order valence-corrected chi connectivity index (χ0v) is 14.9. The maximum absolute atomic E-state index is 12.4. The Morgan fingerprint density at radius 2 is 1.54 bits per heavy atom. The van der Waals surface area contributed by atoms with Crippen LogP contribution in [0.5, 0.6) is 0 Å². The average molecular weight is 348 g/mol. The predicted molar refractivity (Wildman–Crippen MR) is 101 cm³/mol. The van der Waals surface area contributed by atoms with Gasteiger partial charge in [0.15, 0.2) is 0 Å². The van der Waals surface area contributed by atoms with Crippen molar-refractivity contribution in [2.24, 2.45) is 0 Å². The molecule has 2 amide bonds. The molecule has 0 aliphatic heterocycles. The van der Waals surface area contributed by atoms with Gasteiger partial charge in [-0.3, -0.25) is 14.6 Å². The van der Waals surface area contributed by atoms with Crippen molar-refractivity contribution in [3.05, 3.63) is 66.0 Å². The molecule has 2 aromatic carbocycles. The van der Waals surface area contributed by atoms with Crippen molar-refractivity contribution in [1.82, 2.24) is 15.3 Å². The fourth-order valence-electron chi connectivity index (χ4n) is 2.38. The highest BCUT2D eigenvalue weighted by Crippen LogP contribution is 2.13. The van der Waals surface area contributed by atoms with E-state index in [0.29, 0.717) is 16.8 Å². The summed E-state index contributed by atoms with van der Waals surface area (Å²) in [6.45, 7) is 5.76. The lowest BCUT2D eigenvalue weighted by Gasteiger charge is -2.20. The Balaban J connectivity index is 1.71. The van der Waals surface area contributed by atoms with E-state index in [1.54, 1.807) is 24.3 Å². The third-order valence-electron chi connectivity index (χ3n) is 3.57. The Morgan fingerprint density at radius 3 is 2.19 bits per heavy atom. The van der Waals surface area contributed by atoms with Gasteiger partial charge in [0.25, 0.3) is 11.8 Å². The number of carbonyl (C=O) groups is 2. The number of hydrogen-bond acceptors (Lipinski definition) is 4. The second-order valence-electron chi connectivity index (χ2n) is 6.98. The minimum Gasteiger partial charge on any atom is -0.347 e. The molecule has 1 heterocycles. The fraction of sp³-hybridized carbons (Fsp3) is 0.200. The van der Waals surface area contributed by atoms with Crippen LogP contribution >= 0.6 is 0 Å². The van der Waals surface area contributed by atoms with Crippen molar-refractivity contribution in [2.75, 3.05) is 5.32 Å². The van der Waals surface area contributed by atoms with Gasteiger partial charge in [0, 0.05) is 16.8 Å². The molecule has 0 spiro atoms. The van der Waals surface area contributed by atoms with E-state index in [2.05, 4.69) is 20.6 Å². The summed E-state index contributed by atoms with van der Waals surface area (Å²) in [4.78, 5) is 33.1. The van der Waals surface area contributed by atoms with Crippen LogP contribution in [0, 0.1) is 0 Å². The van der Waals surface area contributed by atoms with Gasteiger partial charge in [-0.05, 0) is 57.2 Å². The number of rotatable bonds is 3. The number of aromatic nitrogens is 2. The van der Waals surface area contributed by atoms with Gasteiger partial charge < -0.3 is 10.6 Å². The summed E-state index contributed by atoms with van der Waals surface area (Å²) >= 11 is 0. The first kappa shape index (κ1) is 17.5. The van der Waals surface area contributed by atoms with Crippen LogP contribution in [-0.2, 0) is 0 Å². The Hall–Kier alpha value is -3.28. The van der Waals surface area contributed by atoms with E-state index in [-0.39, 0.29) is 23.0 Å². The van der Waals surface area contributed by atoms with Gasteiger partial charge in [0.2, 0.25) is 0 Å². The number of amides is 2. The van der Waals surface area contributed by atoms with Crippen LogP contribution in [0.1, 0.15) is 41.6 Å². The zero-order chi connectivity index (χ0) is 18.7. The molecule has 0 atom stereocenters. The number of nitrogens with one attached hydrogen (secondary N) is 2. The molecular formula is C20H20N4O2. The number of anilines is 1. The first-order valence-electron chi connectivity index (χ1n) is 8.27. The first-order chi connectivity index (χ1) is 12.3. The van der Waals surface area contributed by atoms with Crippen LogP contribution in [-0.4, -0.2) is 27.3 Å². The minimum atomic E-state index is -0.352. The van der Waals surface area contributed by atoms with E-state index in [9.17, 15) is 9.59 Å². The standard InChI is InChI=1S/C20H20N4O2/c1-20(2,3)24-18(25)13-8-10-14(11-9-13)22-19(26)17-12-21-15-6-4-5-7-16(15)23-17/h4-12H,1-3H3,(H,22,26)(H,24,25). The SMILES string of the molecule is CC(C)(C)NC(=O)c1ccc(NC(=O)c2cnc3ccccc3n2)cc1. The van der Waals surface area contributed by atoms with Crippen molar-refractivity contribution < 1.29 is 9.59 Å². The molecule has 0 unspecified atom stereocenters. The second-order valence-corrected chi connectivity index (χ2v) is 6.98. The number of hydrogen-bond donors (Lipinski definition) is 2. The van der Waals surface area contributed by atoms with Crippen molar-refractivity contribution in [1.29, 1.82) is 0 Å². The number of para-hydroxylation sites is 2. The molecule has 132 valence electrons. The molecule has 3 rings (SSSR count). The largest absolute Gasteiger partial charge is 0.347 e. The molecule has 0 saturated carbocycles. The van der Waals surface area contributed by atoms with E-state index in [0.717, 1.165) is 5.52 Å². The van der Waals surface area contributed by atoms with E-state index >= 15 is 0 Å². The summed E-state index contributed by atoms with van der Waals surface area (Å²) in [6.07, 6.45) is 1.45. The third-order valence-corrected chi connectivity index (χ3v) is 3.57. The summed E-state index contributed by atoms with van der Waals surface area (Å²) in [7, 11) is 0. The molecule has 26 heavy (non-hydrogen) atoms. The van der Waals surface area contributed by atoms with Gasteiger partial charge in [0.05, 0.1) is 17.2 Å². The van der Waals surface area contributed by atoms with E-state index in [4.69, 9.17) is 0 Å². The van der Waals surface area contributed by atoms with Gasteiger partial charge >= 0.3 is 0 Å². The quantitative estimate of drug-likeness (QED) is 0.760. The molecule has 1 aromatic heterocycles. The van der Waals surface area contributed by atoms with Gasteiger partial charge in [-0.25, -0.2) is 4.98 Å². The van der Waals surface area contributed by atoms with E-state index in [1.165, 1.54) is 6.20 Å². The lowest BCUT2D eigenvalue weighted by molar-refractivity contribution is 0.0919. The Labute approximate surface area is 151 Å². The summed E-state index contributed by atoms with van der Waals surface area (Å²) in [5.74, 6) is -0.508. The van der Waals surface area contributed by atoms with Crippen LogP contribution in [0.25, 0.3) is 11.0 Å². The fourth-order valence-corrected chi connectivity index (χ4v) is 2.38. The van der Waals surface area contributed by atoms with Gasteiger partial charge in [0.1, 0.15) is 5.69 Å². The van der Waals surface area contributed by atoms with Crippen LogP contribution in [0.4, 0.5) is 5.69 Å². The van der Waals surface area contributed by atoms with Crippen molar-refractivity contribution in [3.8, 4) is 0 Å². The molecule has 2 N–H and O–H groups in total. The maximum Gasteiger partial charge on any atom is 0.275 e. The summed E-state index contributed by atoms with van der Waals surface area (Å²) < 4.78 is 0. The molecular weight excluding hydrogens is 328 g/mol. The smallest absolute Gasteiger partial charge is 0.275 e. The predicted octanol–water partition coefficient (Wildman–Crippen LogP) is 3.41. The highest BCUT2D eigenvalue weighted by molar-refractivity contribution is 6.04. The van der Waals surface area contributed by atoms with Crippen LogP contribution < -0.4 is 10.6 Å². The van der Waals surface area contributed by atoms with Crippen LogP contribution in [0.3, 0.4) is 0 Å². The highest BCUT2D eigenvalue weighted by atomic mass is 16.2. The maximum atomic E-state index is 12.4. The van der Waals surface area contributed by atoms with Crippen molar-refractivity contribution in [2.45, 2.75) is 26.3 Å². The summed E-state index contributed by atoms with van der Waals surface area (Å²) in [6, 6.07) is 14.1. The van der Waals surface area contributed by atoms with Gasteiger partial charge in [-0.15, -0.1) is 0 Å². The molecule has 0 saturated heterocycles. The topological polar surface area (TPSA) is 84.0 Å². The molecule has 6 nitrogen and oxygen atoms in total. The number of carbonyl (C=O) groups excluding carboxylic acids is 2. The normalized spacial score (nSPS) is 11.2. The number of fused-ring (bicyclic) bond motifs is 1. The lowest BCUT2D eigenvalue weighted by atomic mass is 10.1. The molecule has 0 radical (unpaired) electrons. The first-order valence-corrected chi connectivity index (χ1v) is 8.27. The average Bonchev–Trinajstić information content (AvgIpc) is 2.60. The van der Waals surface area contributed by atoms with E-state index < -0.39 is 0 Å². The molecule has 0 fully saturated rings. The van der Waals surface area contributed by atoms with Crippen molar-refractivity contribution in [3.63, 3.8) is 0 Å². The van der Waals surface area contributed by atoms with Gasteiger partial charge in [-0.1, -0.05) is 12.1 Å². The number of benzene rings is 2. The number of nitrogens with zero attached hydrogens (tertiary/aromatic N) is 2. The molecule has 0 aliphatic carbocycles. The lowest BCUT2D eigenvalue weighted by Crippen LogP contribution is -2.40. The van der Waals surface area contributed by atoms with Gasteiger partial charge in [-0.2, -0.15) is 0 Å².